The molecule has 0 bridgehead atoms. The Labute approximate surface area is 96.3 Å². The predicted octanol–water partition coefficient (Wildman–Crippen LogP) is 1.75. The molecule has 0 aliphatic carbocycles. The molecule has 1 heterocycles. The van der Waals surface area contributed by atoms with E-state index in [0.29, 0.717) is 12.4 Å². The molecule has 0 atom stereocenters. The lowest BCUT2D eigenvalue weighted by atomic mass is 10.1. The highest BCUT2D eigenvalue weighted by Gasteiger charge is 2.04. The Bertz CT molecular complexity index is 441. The fourth-order valence-electron chi connectivity index (χ4n) is 1.31. The number of nitrogens with two attached hydrogens (primary N) is 1. The van der Waals surface area contributed by atoms with E-state index in [1.54, 1.807) is 11.7 Å². The van der Waals surface area contributed by atoms with E-state index < -0.39 is 0 Å². The highest BCUT2D eigenvalue weighted by atomic mass is 79.9. The van der Waals surface area contributed by atoms with Crippen molar-refractivity contribution in [3.63, 3.8) is 0 Å². The van der Waals surface area contributed by atoms with Crippen LogP contribution in [0, 0.1) is 0 Å². The number of benzene rings is 1. The van der Waals surface area contributed by atoms with Gasteiger partial charge in [0, 0.05) is 17.9 Å². The predicted molar refractivity (Wildman–Crippen MR) is 62.4 cm³/mol. The molecular formula is C10H11BrN4. The third kappa shape index (κ3) is 2.36. The third-order valence-corrected chi connectivity index (χ3v) is 2.64. The van der Waals surface area contributed by atoms with Gasteiger partial charge < -0.3 is 5.73 Å². The summed E-state index contributed by atoms with van der Waals surface area (Å²) in [6.07, 6.45) is 0.707. The molecule has 0 radical (unpaired) electrons. The lowest BCUT2D eigenvalue weighted by molar-refractivity contribution is 0.759. The molecule has 1 aromatic carbocycles. The zero-order valence-electron chi connectivity index (χ0n) is 8.31. The molecule has 2 aromatic rings. The van der Waals surface area contributed by atoms with Crippen molar-refractivity contribution in [3.05, 3.63) is 40.1 Å². The van der Waals surface area contributed by atoms with Crippen LogP contribution >= 0.6 is 15.9 Å². The van der Waals surface area contributed by atoms with Gasteiger partial charge in [0.1, 0.15) is 0 Å². The SMILES string of the molecule is Cn1nc(Cc2ccc(Br)cc2)nc1N. The minimum atomic E-state index is 0.446. The molecule has 1 aromatic heterocycles. The van der Waals surface area contributed by atoms with E-state index in [0.717, 1.165) is 10.3 Å². The van der Waals surface area contributed by atoms with E-state index in [-0.39, 0.29) is 0 Å². The topological polar surface area (TPSA) is 56.7 Å². The van der Waals surface area contributed by atoms with Gasteiger partial charge in [-0.25, -0.2) is 4.68 Å². The van der Waals surface area contributed by atoms with Crippen molar-refractivity contribution >= 4 is 21.9 Å². The van der Waals surface area contributed by atoms with E-state index in [9.17, 15) is 0 Å². The van der Waals surface area contributed by atoms with Crippen LogP contribution in [0.25, 0.3) is 0 Å². The van der Waals surface area contributed by atoms with Gasteiger partial charge in [0.05, 0.1) is 0 Å². The second-order valence-electron chi connectivity index (χ2n) is 3.31. The maximum absolute atomic E-state index is 5.60. The molecule has 0 amide bonds. The average Bonchev–Trinajstić information content (AvgIpc) is 2.50. The molecule has 5 heteroatoms. The Morgan fingerprint density at radius 1 is 1.33 bits per heavy atom. The lowest BCUT2D eigenvalue weighted by Gasteiger charge is -1.96. The summed E-state index contributed by atoms with van der Waals surface area (Å²) in [5.74, 6) is 1.19. The molecule has 0 spiro atoms. The van der Waals surface area contributed by atoms with Gasteiger partial charge in [0.2, 0.25) is 5.95 Å². The third-order valence-electron chi connectivity index (χ3n) is 2.12. The summed E-state index contributed by atoms with van der Waals surface area (Å²) in [5, 5.41) is 4.20. The van der Waals surface area contributed by atoms with Gasteiger partial charge in [0.15, 0.2) is 5.82 Å². The van der Waals surface area contributed by atoms with Gasteiger partial charge in [-0.15, -0.1) is 0 Å². The van der Waals surface area contributed by atoms with Crippen molar-refractivity contribution < 1.29 is 0 Å². The summed E-state index contributed by atoms with van der Waals surface area (Å²) in [6, 6.07) is 8.08. The van der Waals surface area contributed by atoms with Crippen LogP contribution in [0.2, 0.25) is 0 Å². The fraction of sp³-hybridized carbons (Fsp3) is 0.200. The number of hydrogen-bond acceptors (Lipinski definition) is 3. The molecule has 0 saturated heterocycles. The van der Waals surface area contributed by atoms with Crippen LogP contribution in [0.1, 0.15) is 11.4 Å². The summed E-state index contributed by atoms with van der Waals surface area (Å²) >= 11 is 3.39. The summed E-state index contributed by atoms with van der Waals surface area (Å²) in [5.41, 5.74) is 6.77. The minimum Gasteiger partial charge on any atom is -0.368 e. The zero-order valence-corrected chi connectivity index (χ0v) is 9.90. The smallest absolute Gasteiger partial charge is 0.218 e. The normalized spacial score (nSPS) is 10.5. The van der Waals surface area contributed by atoms with Crippen LogP contribution in [-0.4, -0.2) is 14.8 Å². The van der Waals surface area contributed by atoms with Crippen LogP contribution in [0.15, 0.2) is 28.7 Å². The van der Waals surface area contributed by atoms with Gasteiger partial charge >= 0.3 is 0 Å². The summed E-state index contributed by atoms with van der Waals surface area (Å²) in [6.45, 7) is 0. The Morgan fingerprint density at radius 2 is 2.00 bits per heavy atom. The van der Waals surface area contributed by atoms with Crippen LogP contribution in [0.5, 0.6) is 0 Å². The van der Waals surface area contributed by atoms with Gasteiger partial charge in [-0.2, -0.15) is 10.1 Å². The fourth-order valence-corrected chi connectivity index (χ4v) is 1.58. The molecule has 78 valence electrons. The quantitative estimate of drug-likeness (QED) is 0.901. The first-order valence-electron chi connectivity index (χ1n) is 4.55. The monoisotopic (exact) mass is 266 g/mol. The molecule has 0 aliphatic rings. The van der Waals surface area contributed by atoms with Gasteiger partial charge in [0.25, 0.3) is 0 Å². The molecule has 2 N–H and O–H groups in total. The minimum absolute atomic E-state index is 0.446. The number of nitrogens with zero attached hydrogens (tertiary/aromatic N) is 3. The number of halogens is 1. The first-order valence-corrected chi connectivity index (χ1v) is 5.34. The van der Waals surface area contributed by atoms with Crippen molar-refractivity contribution in [1.82, 2.24) is 14.8 Å². The second-order valence-corrected chi connectivity index (χ2v) is 4.23. The Balaban J connectivity index is 2.18. The van der Waals surface area contributed by atoms with Crippen molar-refractivity contribution in [2.45, 2.75) is 6.42 Å². The van der Waals surface area contributed by atoms with E-state index >= 15 is 0 Å². The number of rotatable bonds is 2. The van der Waals surface area contributed by atoms with Crippen LogP contribution in [0.3, 0.4) is 0 Å². The molecule has 0 fully saturated rings. The molecule has 0 unspecified atom stereocenters. The zero-order chi connectivity index (χ0) is 10.8. The average molecular weight is 267 g/mol. The van der Waals surface area contributed by atoms with E-state index in [4.69, 9.17) is 5.73 Å². The van der Waals surface area contributed by atoms with Gasteiger partial charge in [-0.1, -0.05) is 28.1 Å². The van der Waals surface area contributed by atoms with Gasteiger partial charge in [-0.05, 0) is 17.7 Å². The number of aromatic nitrogens is 3. The number of hydrogen-bond donors (Lipinski definition) is 1. The Kier molecular flexibility index (Phi) is 2.73. The molecule has 0 aliphatic heterocycles. The van der Waals surface area contributed by atoms with Gasteiger partial charge in [-0.3, -0.25) is 0 Å². The number of nitrogen functional groups attached to an aromatic ring is 1. The Hall–Kier alpha value is -1.36. The maximum atomic E-state index is 5.60. The largest absolute Gasteiger partial charge is 0.368 e. The molecule has 0 saturated carbocycles. The van der Waals surface area contributed by atoms with Crippen molar-refractivity contribution in [1.29, 1.82) is 0 Å². The lowest BCUT2D eigenvalue weighted by Crippen LogP contribution is -1.97. The van der Waals surface area contributed by atoms with Crippen LogP contribution < -0.4 is 5.73 Å². The van der Waals surface area contributed by atoms with Crippen LogP contribution in [0.4, 0.5) is 5.95 Å². The van der Waals surface area contributed by atoms with Crippen molar-refractivity contribution in [3.8, 4) is 0 Å². The number of aryl methyl sites for hydroxylation is 1. The Morgan fingerprint density at radius 3 is 2.53 bits per heavy atom. The molecule has 4 nitrogen and oxygen atoms in total. The molecule has 2 rings (SSSR count). The van der Waals surface area contributed by atoms with E-state index in [1.165, 1.54) is 5.56 Å². The van der Waals surface area contributed by atoms with E-state index in [2.05, 4.69) is 26.0 Å². The van der Waals surface area contributed by atoms with E-state index in [1.807, 2.05) is 24.3 Å². The number of anilines is 1. The maximum Gasteiger partial charge on any atom is 0.218 e. The van der Waals surface area contributed by atoms with Crippen molar-refractivity contribution in [2.75, 3.05) is 5.73 Å². The highest BCUT2D eigenvalue weighted by molar-refractivity contribution is 9.10. The first kappa shape index (κ1) is 10.2. The summed E-state index contributed by atoms with van der Waals surface area (Å²) < 4.78 is 2.65. The van der Waals surface area contributed by atoms with Crippen molar-refractivity contribution in [2.24, 2.45) is 7.05 Å². The summed E-state index contributed by atoms with van der Waals surface area (Å²) in [7, 11) is 1.79. The standard InChI is InChI=1S/C10H11BrN4/c1-15-10(12)13-9(14-15)6-7-2-4-8(11)5-3-7/h2-5H,6H2,1H3,(H2,12,13,14). The second kappa shape index (κ2) is 4.02. The molecular weight excluding hydrogens is 256 g/mol. The first-order chi connectivity index (χ1) is 7.15. The van der Waals surface area contributed by atoms with Crippen LogP contribution in [-0.2, 0) is 13.5 Å². The highest BCUT2D eigenvalue weighted by Crippen LogP contribution is 2.12. The molecule has 15 heavy (non-hydrogen) atoms. The summed E-state index contributed by atoms with van der Waals surface area (Å²) in [4.78, 5) is 4.15.